The molecule has 2 saturated heterocycles. The number of ether oxygens (including phenoxy) is 2. The number of amides is 2. The summed E-state index contributed by atoms with van der Waals surface area (Å²) in [5.74, 6) is -2.49. The molecule has 5 heteroatoms. The van der Waals surface area contributed by atoms with Gasteiger partial charge in [0.2, 0.25) is 17.6 Å². The van der Waals surface area contributed by atoms with Crippen molar-refractivity contribution in [1.82, 2.24) is 4.90 Å². The highest BCUT2D eigenvalue weighted by molar-refractivity contribution is 6.06. The van der Waals surface area contributed by atoms with Crippen LogP contribution in [0, 0.1) is 11.8 Å². The summed E-state index contributed by atoms with van der Waals surface area (Å²) in [6.45, 7) is 0. The molecule has 0 saturated carbocycles. The summed E-state index contributed by atoms with van der Waals surface area (Å²) in [5, 5.41) is 0. The van der Waals surface area contributed by atoms with E-state index in [1.165, 1.54) is 19.1 Å². The molecule has 0 aromatic heterocycles. The third-order valence-electron chi connectivity index (χ3n) is 4.56. The van der Waals surface area contributed by atoms with Crippen LogP contribution in [0.25, 0.3) is 0 Å². The number of benzene rings is 1. The summed E-state index contributed by atoms with van der Waals surface area (Å²) in [4.78, 5) is 25.7. The lowest BCUT2D eigenvalue weighted by atomic mass is 9.75. The Morgan fingerprint density at radius 3 is 2.74 bits per heavy atom. The summed E-state index contributed by atoms with van der Waals surface area (Å²) in [6, 6.07) is 7.65. The number of rotatable bonds is 1. The van der Waals surface area contributed by atoms with Crippen LogP contribution in [0.3, 0.4) is 0 Å². The van der Waals surface area contributed by atoms with Crippen LogP contribution < -0.4 is 0 Å². The summed E-state index contributed by atoms with van der Waals surface area (Å²) in [5.41, 5.74) is 1.84. The summed E-state index contributed by atoms with van der Waals surface area (Å²) < 4.78 is 11.5. The van der Waals surface area contributed by atoms with Gasteiger partial charge in [-0.1, -0.05) is 24.3 Å². The summed E-state index contributed by atoms with van der Waals surface area (Å²) >= 11 is 0. The Hall–Kier alpha value is -1.72. The summed E-state index contributed by atoms with van der Waals surface area (Å²) in [7, 11) is 3.05. The molecule has 4 rings (SSSR count). The second-order valence-electron chi connectivity index (χ2n) is 5.24. The highest BCUT2D eigenvalue weighted by Crippen LogP contribution is 2.63. The van der Waals surface area contributed by atoms with Gasteiger partial charge in [-0.3, -0.25) is 14.5 Å². The Labute approximate surface area is 110 Å². The van der Waals surface area contributed by atoms with E-state index in [0.717, 1.165) is 11.1 Å². The third-order valence-corrected chi connectivity index (χ3v) is 4.56. The van der Waals surface area contributed by atoms with Crippen LogP contribution in [0.4, 0.5) is 0 Å². The minimum atomic E-state index is -1.09. The second kappa shape index (κ2) is 3.23. The van der Waals surface area contributed by atoms with E-state index in [1.54, 1.807) is 0 Å². The van der Waals surface area contributed by atoms with E-state index >= 15 is 0 Å². The van der Waals surface area contributed by atoms with Gasteiger partial charge in [-0.25, -0.2) is 0 Å². The molecule has 5 nitrogen and oxygen atoms in total. The van der Waals surface area contributed by atoms with Crippen LogP contribution >= 0.6 is 0 Å². The van der Waals surface area contributed by atoms with Crippen molar-refractivity contribution in [1.29, 1.82) is 0 Å². The topological polar surface area (TPSA) is 55.8 Å². The zero-order valence-corrected chi connectivity index (χ0v) is 10.6. The molecule has 1 aromatic rings. The Morgan fingerprint density at radius 1 is 1.26 bits per heavy atom. The van der Waals surface area contributed by atoms with Crippen molar-refractivity contribution in [2.45, 2.75) is 11.9 Å². The first kappa shape index (κ1) is 11.1. The minimum Gasteiger partial charge on any atom is -0.349 e. The molecule has 98 valence electrons. The van der Waals surface area contributed by atoms with Gasteiger partial charge >= 0.3 is 0 Å². The van der Waals surface area contributed by atoms with Crippen molar-refractivity contribution in [3.8, 4) is 0 Å². The van der Waals surface area contributed by atoms with Crippen LogP contribution in [-0.2, 0) is 24.8 Å². The number of nitrogens with zero attached hydrogens (tertiary/aromatic N) is 1. The van der Waals surface area contributed by atoms with Gasteiger partial charge in [-0.15, -0.1) is 0 Å². The average Bonchev–Trinajstić information content (AvgIpc) is 3.03. The monoisotopic (exact) mass is 259 g/mol. The Morgan fingerprint density at radius 2 is 2.00 bits per heavy atom. The fourth-order valence-electron chi connectivity index (χ4n) is 3.71. The van der Waals surface area contributed by atoms with Crippen LogP contribution in [0.2, 0.25) is 0 Å². The van der Waals surface area contributed by atoms with Gasteiger partial charge in [0.15, 0.2) is 0 Å². The number of fused-ring (bicyclic) bond motifs is 8. The van der Waals surface area contributed by atoms with E-state index in [-0.39, 0.29) is 17.9 Å². The van der Waals surface area contributed by atoms with Crippen molar-refractivity contribution in [3.05, 3.63) is 35.4 Å². The number of imide groups is 1. The van der Waals surface area contributed by atoms with Crippen molar-refractivity contribution < 1.29 is 19.1 Å². The predicted molar refractivity (Wildman–Crippen MR) is 63.7 cm³/mol. The number of carbonyl (C=O) groups is 2. The van der Waals surface area contributed by atoms with Crippen LogP contribution in [0.1, 0.15) is 17.2 Å². The minimum absolute atomic E-state index is 0.173. The highest BCUT2D eigenvalue weighted by Gasteiger charge is 2.71. The lowest BCUT2D eigenvalue weighted by Crippen LogP contribution is -2.40. The van der Waals surface area contributed by atoms with Crippen LogP contribution in [0.5, 0.6) is 0 Å². The normalized spacial score (nSPS) is 38.8. The Bertz CT molecular complexity index is 613. The largest absolute Gasteiger partial charge is 0.349 e. The van der Waals surface area contributed by atoms with Gasteiger partial charge in [0.1, 0.15) is 5.92 Å². The molecule has 0 aliphatic carbocycles. The number of carbonyl (C=O) groups excluding carboxylic acids is 2. The first-order chi connectivity index (χ1) is 9.12. The number of methoxy groups -OCH3 is 1. The molecule has 0 radical (unpaired) electrons. The third kappa shape index (κ3) is 1.01. The molecule has 0 unspecified atom stereocenters. The van der Waals surface area contributed by atoms with Gasteiger partial charge < -0.3 is 9.47 Å². The quantitative estimate of drug-likeness (QED) is 0.700. The van der Waals surface area contributed by atoms with Gasteiger partial charge in [0.05, 0.1) is 12.0 Å². The van der Waals surface area contributed by atoms with Crippen LogP contribution in [-0.4, -0.2) is 30.9 Å². The van der Waals surface area contributed by atoms with E-state index in [9.17, 15) is 9.59 Å². The molecular formula is C14H13NO4. The highest BCUT2D eigenvalue weighted by atomic mass is 16.7. The Balaban J connectivity index is 1.97. The second-order valence-corrected chi connectivity index (χ2v) is 5.24. The van der Waals surface area contributed by atoms with E-state index in [1.807, 2.05) is 24.3 Å². The number of hydrogen-bond donors (Lipinski definition) is 0. The smallest absolute Gasteiger partial charge is 0.238 e. The first-order valence-electron chi connectivity index (χ1n) is 6.25. The van der Waals surface area contributed by atoms with Crippen molar-refractivity contribution in [2.75, 3.05) is 14.2 Å². The zero-order chi connectivity index (χ0) is 13.4. The average molecular weight is 259 g/mol. The maximum atomic E-state index is 12.3. The van der Waals surface area contributed by atoms with Crippen LogP contribution in [0.15, 0.2) is 24.3 Å². The number of likely N-dealkylation sites (tertiary alicyclic amines) is 1. The van der Waals surface area contributed by atoms with Gasteiger partial charge in [-0.05, 0) is 5.56 Å². The van der Waals surface area contributed by atoms with Crippen molar-refractivity contribution in [2.24, 2.45) is 11.8 Å². The molecule has 4 atom stereocenters. The zero-order valence-electron chi connectivity index (χ0n) is 10.6. The lowest BCUT2D eigenvalue weighted by molar-refractivity contribution is -0.227. The van der Waals surface area contributed by atoms with Gasteiger partial charge in [0.25, 0.3) is 0 Å². The van der Waals surface area contributed by atoms with E-state index in [4.69, 9.17) is 9.47 Å². The fourth-order valence-corrected chi connectivity index (χ4v) is 3.71. The standard InChI is InChI=1S/C14H13NO4/c1-15-12(16)9-10(13(15)17)14(18-2)8-6-4-3-5-7(8)11(9)19-14/h3-6,9-11H,1-2H3/t9-,10-,11-,14+/m0/s1. The molecule has 2 fully saturated rings. The predicted octanol–water partition coefficient (Wildman–Crippen LogP) is 0.802. The van der Waals surface area contributed by atoms with Crippen molar-refractivity contribution >= 4 is 11.8 Å². The maximum absolute atomic E-state index is 12.3. The van der Waals surface area contributed by atoms with E-state index < -0.39 is 17.6 Å². The first-order valence-corrected chi connectivity index (χ1v) is 6.25. The van der Waals surface area contributed by atoms with Gasteiger partial charge in [0, 0.05) is 19.7 Å². The SMILES string of the molecule is CO[C@@]12O[C@@H](c3ccccc31)[C@H]1C(=O)N(C)C(=O)[C@H]12. The summed E-state index contributed by atoms with van der Waals surface area (Å²) in [6.07, 6.45) is -0.373. The molecule has 0 N–H and O–H groups in total. The molecule has 19 heavy (non-hydrogen) atoms. The van der Waals surface area contributed by atoms with Gasteiger partial charge in [-0.2, -0.15) is 0 Å². The molecule has 0 spiro atoms. The molecular weight excluding hydrogens is 246 g/mol. The molecule has 3 heterocycles. The van der Waals surface area contributed by atoms with Crippen molar-refractivity contribution in [3.63, 3.8) is 0 Å². The van der Waals surface area contributed by atoms with E-state index in [0.29, 0.717) is 0 Å². The lowest BCUT2D eigenvalue weighted by Gasteiger charge is -2.30. The molecule has 1 aromatic carbocycles. The molecule has 2 bridgehead atoms. The number of hydrogen-bond acceptors (Lipinski definition) is 4. The Kier molecular flexibility index (Phi) is 1.90. The maximum Gasteiger partial charge on any atom is 0.238 e. The molecule has 3 aliphatic rings. The molecule has 2 amide bonds. The van der Waals surface area contributed by atoms with E-state index in [2.05, 4.69) is 0 Å². The molecule has 3 aliphatic heterocycles. The fraction of sp³-hybridized carbons (Fsp3) is 0.429.